The number of nitrogens with zero attached hydrogens (tertiary/aromatic N) is 5. The molecule has 0 saturated carbocycles. The number of fused-ring (bicyclic) bond motifs is 9. The van der Waals surface area contributed by atoms with E-state index in [0.717, 1.165) is 25.7 Å². The van der Waals surface area contributed by atoms with Crippen LogP contribution in [0.3, 0.4) is 0 Å². The van der Waals surface area contributed by atoms with Gasteiger partial charge in [0, 0.05) is 52.8 Å². The molecule has 57 heavy (non-hydrogen) atoms. The molecule has 12 aromatic rings. The van der Waals surface area contributed by atoms with Crippen molar-refractivity contribution in [3.63, 3.8) is 0 Å². The molecule has 0 aliphatic heterocycles. The molecule has 0 saturated heterocycles. The molecule has 0 amide bonds. The minimum Gasteiger partial charge on any atom is -0.309 e. The molecule has 0 atom stereocenters. The lowest BCUT2D eigenvalue weighted by Gasteiger charge is -2.17. The van der Waals surface area contributed by atoms with E-state index in [4.69, 9.17) is 28.7 Å². The highest BCUT2D eigenvalue weighted by Crippen LogP contribution is 2.43. The molecular weight excluding hydrogens is 715 g/mol. The number of rotatable bonds is 5. The van der Waals surface area contributed by atoms with Crippen LogP contribution < -0.4 is 0 Å². The van der Waals surface area contributed by atoms with Gasteiger partial charge in [-0.25, -0.2) is 4.98 Å². The van der Waals surface area contributed by atoms with E-state index >= 15 is 0 Å². The van der Waals surface area contributed by atoms with E-state index in [9.17, 15) is 5.48 Å². The molecule has 5 nitrogen and oxygen atoms in total. The zero-order chi connectivity index (χ0) is 49.6. The van der Waals surface area contributed by atoms with Crippen molar-refractivity contribution in [2.45, 2.75) is 0 Å². The van der Waals surface area contributed by atoms with E-state index in [-0.39, 0.29) is 109 Å². The number of benzene rings is 8. The normalized spacial score (nSPS) is 15.3. The summed E-state index contributed by atoms with van der Waals surface area (Å²) >= 11 is 1.61. The largest absolute Gasteiger partial charge is 0.309 e. The van der Waals surface area contributed by atoms with Crippen LogP contribution in [0.25, 0.3) is 109 Å². The van der Waals surface area contributed by atoms with E-state index in [1.807, 2.05) is 42.5 Å². The molecule has 12 rings (SSSR count). The maximum atomic E-state index is 9.32. The standard InChI is InChI=1S/C51H31N5S/c1-2-15-32(16-3-1)49-52-50(54-51(53-49)56-44-26-11-6-19-37(44)38-20-7-12-27-45(38)56)41-31-33(34-22-14-23-40-39-21-8-13-28-47(39)57-48(34)40)29-30-46(41)55-42-24-9-4-17-35(42)36-18-5-10-25-43(36)55/h1-31H/i4D,5D,6D,7D,11D,12D,17D,18D,19D,20D,24D,25D,26D,27D. The first-order chi connectivity index (χ1) is 34.1. The van der Waals surface area contributed by atoms with E-state index in [2.05, 4.69) is 12.1 Å². The molecule has 0 aliphatic rings. The van der Waals surface area contributed by atoms with Crippen molar-refractivity contribution in [3.8, 4) is 45.5 Å². The van der Waals surface area contributed by atoms with Gasteiger partial charge in [0.2, 0.25) is 5.95 Å². The summed E-state index contributed by atoms with van der Waals surface area (Å²) in [5, 5.41) is 1.81. The fourth-order valence-electron chi connectivity index (χ4n) is 7.73. The van der Waals surface area contributed by atoms with Crippen molar-refractivity contribution in [3.05, 3.63) is 188 Å². The van der Waals surface area contributed by atoms with Crippen molar-refractivity contribution in [2.24, 2.45) is 0 Å². The minimum absolute atomic E-state index is 0.0324. The fourth-order valence-corrected chi connectivity index (χ4v) is 8.97. The highest BCUT2D eigenvalue weighted by Gasteiger charge is 2.22. The molecule has 0 N–H and O–H groups in total. The summed E-state index contributed by atoms with van der Waals surface area (Å²) < 4.78 is 130. The van der Waals surface area contributed by atoms with Crippen molar-refractivity contribution in [1.29, 1.82) is 0 Å². The van der Waals surface area contributed by atoms with Gasteiger partial charge in [0.25, 0.3) is 0 Å². The van der Waals surface area contributed by atoms with Gasteiger partial charge in [0.05, 0.1) is 46.9 Å². The first kappa shape index (κ1) is 21.0. The van der Waals surface area contributed by atoms with Gasteiger partial charge < -0.3 is 4.57 Å². The summed E-state index contributed by atoms with van der Waals surface area (Å²) in [5.41, 5.74) is 2.28. The lowest BCUT2D eigenvalue weighted by molar-refractivity contribution is 0.952. The molecule has 0 aliphatic carbocycles. The highest BCUT2D eigenvalue weighted by atomic mass is 32.1. The third kappa shape index (κ3) is 4.91. The fraction of sp³-hybridized carbons (Fsp3) is 0. The minimum atomic E-state index is -0.622. The molecule has 0 unspecified atom stereocenters. The van der Waals surface area contributed by atoms with Crippen LogP contribution in [0.1, 0.15) is 19.2 Å². The van der Waals surface area contributed by atoms with Crippen LogP contribution in [0, 0.1) is 0 Å². The zero-order valence-electron chi connectivity index (χ0n) is 43.5. The number of para-hydroxylation sites is 4. The predicted molar refractivity (Wildman–Crippen MR) is 238 cm³/mol. The monoisotopic (exact) mass is 759 g/mol. The first-order valence-electron chi connectivity index (χ1n) is 25.0. The van der Waals surface area contributed by atoms with Gasteiger partial charge in [-0.1, -0.05) is 145 Å². The Morgan fingerprint density at radius 3 is 1.77 bits per heavy atom. The Bertz CT molecular complexity index is 4210. The number of hydrogen-bond donors (Lipinski definition) is 0. The maximum absolute atomic E-state index is 9.32. The molecule has 0 bridgehead atoms. The molecule has 4 aromatic heterocycles. The van der Waals surface area contributed by atoms with Crippen molar-refractivity contribution in [2.75, 3.05) is 0 Å². The molecule has 0 fully saturated rings. The van der Waals surface area contributed by atoms with Gasteiger partial charge in [-0.2, -0.15) is 9.97 Å². The number of thiophene rings is 1. The Morgan fingerprint density at radius 1 is 0.421 bits per heavy atom. The van der Waals surface area contributed by atoms with E-state index in [0.29, 0.717) is 11.1 Å². The summed E-state index contributed by atoms with van der Waals surface area (Å²) in [7, 11) is 0. The Morgan fingerprint density at radius 2 is 1.04 bits per heavy atom. The van der Waals surface area contributed by atoms with Crippen molar-refractivity contribution >= 4 is 75.1 Å². The highest BCUT2D eigenvalue weighted by molar-refractivity contribution is 7.26. The third-order valence-corrected chi connectivity index (χ3v) is 11.4. The van der Waals surface area contributed by atoms with Crippen LogP contribution in [0.15, 0.2) is 188 Å². The molecule has 6 heteroatoms. The zero-order valence-corrected chi connectivity index (χ0v) is 30.3. The predicted octanol–water partition coefficient (Wildman–Crippen LogP) is 13.4. The van der Waals surface area contributed by atoms with Crippen LogP contribution in [-0.2, 0) is 0 Å². The Kier molecular flexibility index (Phi) is 4.64. The van der Waals surface area contributed by atoms with Gasteiger partial charge in [0.15, 0.2) is 11.6 Å². The quantitative estimate of drug-likeness (QED) is 0.176. The van der Waals surface area contributed by atoms with Crippen LogP contribution >= 0.6 is 11.3 Å². The van der Waals surface area contributed by atoms with Gasteiger partial charge in [-0.3, -0.25) is 4.57 Å². The summed E-state index contributed by atoms with van der Waals surface area (Å²) in [6.07, 6.45) is 0. The molecule has 4 heterocycles. The van der Waals surface area contributed by atoms with Crippen molar-refractivity contribution < 1.29 is 19.2 Å². The first-order valence-corrected chi connectivity index (χ1v) is 18.8. The van der Waals surface area contributed by atoms with Crippen molar-refractivity contribution in [1.82, 2.24) is 24.1 Å². The summed E-state index contributed by atoms with van der Waals surface area (Å²) in [4.78, 5) is 15.1. The van der Waals surface area contributed by atoms with Crippen LogP contribution in [0.5, 0.6) is 0 Å². The second kappa shape index (κ2) is 12.6. The topological polar surface area (TPSA) is 48.5 Å². The van der Waals surface area contributed by atoms with Crippen LogP contribution in [-0.4, -0.2) is 24.1 Å². The number of hydrogen-bond acceptors (Lipinski definition) is 4. The van der Waals surface area contributed by atoms with Gasteiger partial charge in [-0.05, 0) is 53.5 Å². The molecular formula is C51H31N5S. The van der Waals surface area contributed by atoms with Crippen LogP contribution in [0.4, 0.5) is 0 Å². The van der Waals surface area contributed by atoms with E-state index in [1.165, 1.54) is 16.7 Å². The maximum Gasteiger partial charge on any atom is 0.238 e. The molecule has 0 radical (unpaired) electrons. The molecule has 266 valence electrons. The Labute approximate surface area is 351 Å². The third-order valence-electron chi connectivity index (χ3n) is 10.2. The molecule has 8 aromatic carbocycles. The lowest BCUT2D eigenvalue weighted by atomic mass is 9.99. The van der Waals surface area contributed by atoms with Gasteiger partial charge >= 0.3 is 0 Å². The number of aromatic nitrogens is 5. The lowest BCUT2D eigenvalue weighted by Crippen LogP contribution is -2.08. The molecule has 0 spiro atoms. The second-order valence-corrected chi connectivity index (χ2v) is 14.4. The smallest absolute Gasteiger partial charge is 0.238 e. The SMILES string of the molecule is [2H]c1cc([2H])c2c(c1[2H])c1c([2H])c([2H])cc([2H])c1n2-c1ccc(-c2cccc3c2sc2ccccc23)cc1-c1nc(-c2ccccc2)nc(-n2c3c([2H])c([2H])c([2H])c([2H])c3c3c([2H])c([2H])c([2H])c([2H])c32)n1. The summed E-state index contributed by atoms with van der Waals surface area (Å²) in [6, 6.07) is 24.6. The Hall–Kier alpha value is -7.41. The average molecular weight is 760 g/mol. The van der Waals surface area contributed by atoms with Gasteiger partial charge in [-0.15, -0.1) is 11.3 Å². The second-order valence-electron chi connectivity index (χ2n) is 13.3. The van der Waals surface area contributed by atoms with E-state index < -0.39 is 48.3 Å². The summed E-state index contributed by atoms with van der Waals surface area (Å²) in [5.74, 6) is -0.254. The van der Waals surface area contributed by atoms with E-state index in [1.54, 1.807) is 52.3 Å². The van der Waals surface area contributed by atoms with Gasteiger partial charge in [0.1, 0.15) is 0 Å². The summed E-state index contributed by atoms with van der Waals surface area (Å²) in [6.45, 7) is 0. The average Bonchev–Trinajstić information content (AvgIpc) is 4.07. The van der Waals surface area contributed by atoms with Crippen LogP contribution in [0.2, 0.25) is 0 Å². The Balaban J connectivity index is 1.27.